The molecule has 0 aromatic rings. The Hall–Kier alpha value is -0.625. The first-order chi connectivity index (χ1) is 6.42. The molecule has 0 unspecified atom stereocenters. The number of hydrogen-bond acceptors (Lipinski definition) is 5. The van der Waals surface area contributed by atoms with Crippen molar-refractivity contribution in [1.82, 2.24) is 0 Å². The average Bonchev–Trinajstić information content (AvgIpc) is 2.11. The van der Waals surface area contributed by atoms with Gasteiger partial charge < -0.3 is 26.0 Å². The molecule has 82 valence electrons. The van der Waals surface area contributed by atoms with Gasteiger partial charge in [-0.25, -0.2) is 0 Å². The Morgan fingerprint density at radius 2 is 1.93 bits per heavy atom. The molecule has 0 saturated heterocycles. The number of unbranched alkanes of at least 4 members (excludes halogenated alkanes) is 1. The normalized spacial score (nSPS) is 14.9. The van der Waals surface area contributed by atoms with Gasteiger partial charge in [-0.1, -0.05) is 12.8 Å². The van der Waals surface area contributed by atoms with Gasteiger partial charge in [0.25, 0.3) is 0 Å². The van der Waals surface area contributed by atoms with E-state index in [9.17, 15) is 4.79 Å². The van der Waals surface area contributed by atoms with Crippen molar-refractivity contribution in [2.24, 2.45) is 5.73 Å². The van der Waals surface area contributed by atoms with Crippen LogP contribution in [0.3, 0.4) is 0 Å². The van der Waals surface area contributed by atoms with E-state index in [4.69, 9.17) is 26.0 Å². The summed E-state index contributed by atoms with van der Waals surface area (Å²) in [5.74, 6) is -1.25. The largest absolute Gasteiger partial charge is 0.480 e. The summed E-state index contributed by atoms with van der Waals surface area (Å²) < 4.78 is 0. The van der Waals surface area contributed by atoms with Gasteiger partial charge in [0.2, 0.25) is 0 Å². The summed E-state index contributed by atoms with van der Waals surface area (Å²) in [6.45, 7) is -0.621. The quantitative estimate of drug-likeness (QED) is 0.252. The van der Waals surface area contributed by atoms with E-state index in [0.717, 1.165) is 0 Å². The Morgan fingerprint density at radius 1 is 1.36 bits per heavy atom. The molecule has 0 aliphatic carbocycles. The Labute approximate surface area is 82.5 Å². The molecule has 14 heavy (non-hydrogen) atoms. The lowest BCUT2D eigenvalue weighted by Crippen LogP contribution is -2.51. The third-order valence-electron chi connectivity index (χ3n) is 2.04. The van der Waals surface area contributed by atoms with Crippen LogP contribution in [0.15, 0.2) is 0 Å². The molecule has 0 heterocycles. The third kappa shape index (κ3) is 4.57. The predicted octanol–water partition coefficient (Wildman–Crippen LogP) is -1.60. The second-order valence-electron chi connectivity index (χ2n) is 3.35. The van der Waals surface area contributed by atoms with Gasteiger partial charge >= 0.3 is 13.1 Å². The van der Waals surface area contributed by atoms with Crippen molar-refractivity contribution in [3.8, 4) is 0 Å². The van der Waals surface area contributed by atoms with Crippen LogP contribution in [0.4, 0.5) is 0 Å². The molecule has 0 bridgehead atoms. The van der Waals surface area contributed by atoms with E-state index in [1.807, 2.05) is 0 Å². The van der Waals surface area contributed by atoms with Gasteiger partial charge in [-0.3, -0.25) is 4.79 Å². The lowest BCUT2D eigenvalue weighted by molar-refractivity contribution is -0.145. The molecule has 0 spiro atoms. The predicted molar refractivity (Wildman–Crippen MR) is 50.5 cm³/mol. The maximum atomic E-state index is 10.6. The van der Waals surface area contributed by atoms with Crippen LogP contribution in [0.5, 0.6) is 0 Å². The zero-order chi connectivity index (χ0) is 11.2. The molecule has 0 fully saturated rings. The second-order valence-corrected chi connectivity index (χ2v) is 3.35. The number of aliphatic carboxylic acids is 1. The highest BCUT2D eigenvalue weighted by Crippen LogP contribution is 2.12. The molecule has 0 amide bonds. The fourth-order valence-electron chi connectivity index (χ4n) is 1.02. The van der Waals surface area contributed by atoms with Crippen molar-refractivity contribution in [1.29, 1.82) is 0 Å². The fourth-order valence-corrected chi connectivity index (χ4v) is 1.02. The first-order valence-electron chi connectivity index (χ1n) is 4.41. The SMILES string of the molecule is N[C@@](CO)(CCCCB(O)O)C(=O)O. The molecule has 1 atom stereocenters. The highest BCUT2D eigenvalue weighted by atomic mass is 16.4. The van der Waals surface area contributed by atoms with Gasteiger partial charge in [-0.05, 0) is 12.7 Å². The number of carboxylic acids is 1. The van der Waals surface area contributed by atoms with Gasteiger partial charge in [-0.15, -0.1) is 0 Å². The van der Waals surface area contributed by atoms with Gasteiger partial charge in [0.1, 0.15) is 5.54 Å². The van der Waals surface area contributed by atoms with Crippen LogP contribution in [0.25, 0.3) is 0 Å². The van der Waals surface area contributed by atoms with Gasteiger partial charge in [0.05, 0.1) is 6.61 Å². The maximum Gasteiger partial charge on any atom is 0.451 e. The van der Waals surface area contributed by atoms with Crippen LogP contribution in [0.1, 0.15) is 19.3 Å². The minimum atomic E-state index is -1.61. The van der Waals surface area contributed by atoms with Gasteiger partial charge in [0.15, 0.2) is 0 Å². The van der Waals surface area contributed by atoms with Crippen LogP contribution in [-0.4, -0.2) is 45.5 Å². The van der Waals surface area contributed by atoms with Crippen molar-refractivity contribution < 1.29 is 25.1 Å². The number of nitrogens with two attached hydrogens (primary N) is 1. The highest BCUT2D eigenvalue weighted by molar-refractivity contribution is 6.40. The molecule has 0 aliphatic heterocycles. The monoisotopic (exact) mass is 205 g/mol. The topological polar surface area (TPSA) is 124 Å². The summed E-state index contributed by atoms with van der Waals surface area (Å²) in [4.78, 5) is 10.6. The molecular formula is C7H16BNO5. The minimum Gasteiger partial charge on any atom is -0.480 e. The van der Waals surface area contributed by atoms with Crippen molar-refractivity contribution in [2.45, 2.75) is 31.1 Å². The van der Waals surface area contributed by atoms with Crippen molar-refractivity contribution >= 4 is 13.1 Å². The number of carboxylic acid groups (broad SMARTS) is 1. The molecule has 0 saturated carbocycles. The lowest BCUT2D eigenvalue weighted by Gasteiger charge is -2.21. The van der Waals surface area contributed by atoms with Crippen molar-refractivity contribution in [3.63, 3.8) is 0 Å². The molecule has 0 radical (unpaired) electrons. The standard InChI is InChI=1S/C7H16BNO5/c9-7(5-10,6(11)12)3-1-2-4-8(13)14/h10,13-14H,1-5,9H2,(H,11,12)/t7-/m1/s1. The van der Waals surface area contributed by atoms with E-state index >= 15 is 0 Å². The Balaban J connectivity index is 3.79. The highest BCUT2D eigenvalue weighted by Gasteiger charge is 2.32. The smallest absolute Gasteiger partial charge is 0.451 e. The first-order valence-corrected chi connectivity index (χ1v) is 4.41. The average molecular weight is 205 g/mol. The van der Waals surface area contributed by atoms with Crippen LogP contribution in [0.2, 0.25) is 6.32 Å². The minimum absolute atomic E-state index is 0.117. The van der Waals surface area contributed by atoms with Crippen molar-refractivity contribution in [2.75, 3.05) is 6.61 Å². The molecule has 0 aromatic carbocycles. The Morgan fingerprint density at radius 3 is 2.29 bits per heavy atom. The van der Waals surface area contributed by atoms with Gasteiger partial charge in [-0.2, -0.15) is 0 Å². The van der Waals surface area contributed by atoms with Crippen LogP contribution < -0.4 is 5.73 Å². The lowest BCUT2D eigenvalue weighted by atomic mass is 9.82. The zero-order valence-electron chi connectivity index (χ0n) is 7.89. The molecule has 7 heteroatoms. The summed E-state index contributed by atoms with van der Waals surface area (Å²) in [7, 11) is -1.37. The van der Waals surface area contributed by atoms with Crippen LogP contribution >= 0.6 is 0 Å². The summed E-state index contributed by atoms with van der Waals surface area (Å²) in [5.41, 5.74) is 3.77. The zero-order valence-corrected chi connectivity index (χ0v) is 7.89. The fraction of sp³-hybridized carbons (Fsp3) is 0.857. The molecule has 0 aromatic heterocycles. The summed E-state index contributed by atoms with van der Waals surface area (Å²) in [5, 5.41) is 34.4. The molecule has 6 nitrogen and oxygen atoms in total. The summed E-state index contributed by atoms with van der Waals surface area (Å²) >= 11 is 0. The first kappa shape index (κ1) is 13.4. The molecule has 0 aliphatic rings. The Kier molecular flexibility index (Phi) is 5.70. The van der Waals surface area contributed by atoms with Crippen molar-refractivity contribution in [3.05, 3.63) is 0 Å². The Bertz CT molecular complexity index is 189. The van der Waals surface area contributed by atoms with Gasteiger partial charge in [0, 0.05) is 0 Å². The summed E-state index contributed by atoms with van der Waals surface area (Å²) in [6.07, 6.45) is 1.19. The van der Waals surface area contributed by atoms with E-state index in [2.05, 4.69) is 0 Å². The van der Waals surface area contributed by atoms with E-state index in [1.165, 1.54) is 0 Å². The van der Waals surface area contributed by atoms with Crippen LogP contribution in [0, 0.1) is 0 Å². The van der Waals surface area contributed by atoms with Crippen LogP contribution in [-0.2, 0) is 4.79 Å². The maximum absolute atomic E-state index is 10.6. The number of hydrogen-bond donors (Lipinski definition) is 5. The van der Waals surface area contributed by atoms with E-state index in [-0.39, 0.29) is 12.7 Å². The summed E-state index contributed by atoms with van der Waals surface area (Å²) in [6, 6.07) is 0. The molecule has 6 N–H and O–H groups in total. The second kappa shape index (κ2) is 5.97. The van der Waals surface area contributed by atoms with E-state index in [1.54, 1.807) is 0 Å². The number of aliphatic hydroxyl groups excluding tert-OH is 1. The molecular weight excluding hydrogens is 189 g/mol. The number of rotatable bonds is 7. The third-order valence-corrected chi connectivity index (χ3v) is 2.04. The van der Waals surface area contributed by atoms with E-state index in [0.29, 0.717) is 12.8 Å². The number of carbonyl (C=O) groups is 1. The van der Waals surface area contributed by atoms with E-state index < -0.39 is 25.2 Å². The molecule has 0 rings (SSSR count). The number of aliphatic hydroxyl groups is 1.